The standard InChI is InChI=1S/C21H25FN6OS/c22-15-4-2-1-3-13(15)20-14-10-27(8-7-16(14)23-25-20)11-19(29)28-12-5-6-18(28)21-17(9-12)24-26-30-21/h1-4,12,14,16,18,20,23,25H,5-11H2. The molecular formula is C21H25FN6OS. The SMILES string of the molecule is O=C(CN1CCC2NNC(c3ccccc3F)C2C1)N1C2CCC1c1snnc1C2. The normalized spacial score (nSPS) is 32.8. The van der Waals surface area contributed by atoms with Gasteiger partial charge >= 0.3 is 0 Å². The van der Waals surface area contributed by atoms with Gasteiger partial charge in [0, 0.05) is 43.1 Å². The molecule has 0 aliphatic carbocycles. The smallest absolute Gasteiger partial charge is 0.237 e. The Hall–Kier alpha value is -1.94. The molecule has 2 aromatic rings. The van der Waals surface area contributed by atoms with Crippen molar-refractivity contribution in [3.8, 4) is 0 Å². The zero-order chi connectivity index (χ0) is 20.2. The highest BCUT2D eigenvalue weighted by Crippen LogP contribution is 2.44. The molecule has 0 radical (unpaired) electrons. The van der Waals surface area contributed by atoms with Crippen LogP contribution in [-0.4, -0.2) is 57.0 Å². The number of hydrogen-bond donors (Lipinski definition) is 2. The zero-order valence-corrected chi connectivity index (χ0v) is 17.4. The maximum absolute atomic E-state index is 14.4. The van der Waals surface area contributed by atoms with Gasteiger partial charge in [-0.05, 0) is 36.9 Å². The van der Waals surface area contributed by atoms with E-state index in [2.05, 4.69) is 30.2 Å². The molecule has 1 aromatic carbocycles. The number of carbonyl (C=O) groups excluding carboxylic acids is 1. The predicted octanol–water partition coefficient (Wildman–Crippen LogP) is 1.80. The number of nitrogens with one attached hydrogen (secondary N) is 2. The fourth-order valence-corrected chi connectivity index (χ4v) is 6.69. The molecule has 0 saturated carbocycles. The first kappa shape index (κ1) is 18.8. The lowest BCUT2D eigenvalue weighted by Gasteiger charge is -2.39. The summed E-state index contributed by atoms with van der Waals surface area (Å²) in [6, 6.07) is 7.62. The van der Waals surface area contributed by atoms with Crippen LogP contribution in [0.1, 0.15) is 47.5 Å². The Balaban J connectivity index is 1.16. The van der Waals surface area contributed by atoms with Gasteiger partial charge in [-0.15, -0.1) is 5.10 Å². The number of benzene rings is 1. The lowest BCUT2D eigenvalue weighted by molar-refractivity contribution is -0.136. The van der Waals surface area contributed by atoms with Crippen LogP contribution in [0.3, 0.4) is 0 Å². The fourth-order valence-electron chi connectivity index (χ4n) is 5.88. The van der Waals surface area contributed by atoms with Crippen molar-refractivity contribution in [2.45, 2.75) is 49.9 Å². The lowest BCUT2D eigenvalue weighted by atomic mass is 9.85. The Morgan fingerprint density at radius 3 is 3.03 bits per heavy atom. The second-order valence-electron chi connectivity index (χ2n) is 8.92. The Morgan fingerprint density at radius 2 is 2.13 bits per heavy atom. The molecule has 5 atom stereocenters. The molecule has 3 fully saturated rings. The van der Waals surface area contributed by atoms with Gasteiger partial charge in [0.1, 0.15) is 5.82 Å². The Kier molecular flexibility index (Phi) is 4.60. The second-order valence-corrected chi connectivity index (χ2v) is 9.70. The van der Waals surface area contributed by atoms with Crippen molar-refractivity contribution in [2.75, 3.05) is 19.6 Å². The van der Waals surface area contributed by atoms with Crippen LogP contribution in [0.4, 0.5) is 4.39 Å². The van der Waals surface area contributed by atoms with Crippen molar-refractivity contribution in [1.29, 1.82) is 0 Å². The Labute approximate surface area is 178 Å². The summed E-state index contributed by atoms with van der Waals surface area (Å²) < 4.78 is 18.5. The summed E-state index contributed by atoms with van der Waals surface area (Å²) in [5.41, 5.74) is 8.44. The van der Waals surface area contributed by atoms with Crippen molar-refractivity contribution < 1.29 is 9.18 Å². The first-order chi connectivity index (χ1) is 14.7. The fraction of sp³-hybridized carbons (Fsp3) is 0.571. The van der Waals surface area contributed by atoms with Crippen molar-refractivity contribution in [3.05, 3.63) is 46.2 Å². The third-order valence-electron chi connectivity index (χ3n) is 7.30. The van der Waals surface area contributed by atoms with Crippen LogP contribution in [0, 0.1) is 11.7 Å². The highest BCUT2D eigenvalue weighted by atomic mass is 32.1. The molecule has 7 nitrogen and oxygen atoms in total. The number of rotatable bonds is 3. The number of halogens is 1. The van der Waals surface area contributed by atoms with Gasteiger partial charge in [0.2, 0.25) is 5.91 Å². The van der Waals surface area contributed by atoms with E-state index in [1.807, 2.05) is 12.1 Å². The van der Waals surface area contributed by atoms with E-state index in [4.69, 9.17) is 0 Å². The van der Waals surface area contributed by atoms with E-state index >= 15 is 0 Å². The van der Waals surface area contributed by atoms with Gasteiger partial charge < -0.3 is 4.90 Å². The average Bonchev–Trinajstić information content (AvgIpc) is 3.46. The minimum Gasteiger partial charge on any atom is -0.330 e. The summed E-state index contributed by atoms with van der Waals surface area (Å²) >= 11 is 1.44. The Bertz CT molecular complexity index is 968. The number of hydrogen-bond acceptors (Lipinski definition) is 7. The molecule has 1 amide bonds. The first-order valence-electron chi connectivity index (χ1n) is 10.8. The molecule has 9 heteroatoms. The maximum Gasteiger partial charge on any atom is 0.237 e. The minimum absolute atomic E-state index is 0.0777. The van der Waals surface area contributed by atoms with Crippen LogP contribution in [0.15, 0.2) is 24.3 Å². The summed E-state index contributed by atoms with van der Waals surface area (Å²) in [5, 5.41) is 4.26. The average molecular weight is 429 g/mol. The molecule has 5 unspecified atom stereocenters. The summed E-state index contributed by atoms with van der Waals surface area (Å²) in [6.45, 7) is 2.09. The van der Waals surface area contributed by atoms with Crippen molar-refractivity contribution in [2.24, 2.45) is 5.92 Å². The third-order valence-corrected chi connectivity index (χ3v) is 8.17. The maximum atomic E-state index is 14.4. The predicted molar refractivity (Wildman–Crippen MR) is 110 cm³/mol. The molecule has 2 bridgehead atoms. The van der Waals surface area contributed by atoms with E-state index in [9.17, 15) is 9.18 Å². The molecule has 30 heavy (non-hydrogen) atoms. The molecule has 3 saturated heterocycles. The van der Waals surface area contributed by atoms with Crippen LogP contribution in [0.5, 0.6) is 0 Å². The molecule has 158 valence electrons. The van der Waals surface area contributed by atoms with Gasteiger partial charge in [-0.3, -0.25) is 15.1 Å². The van der Waals surface area contributed by atoms with E-state index in [0.717, 1.165) is 44.5 Å². The van der Waals surface area contributed by atoms with Gasteiger partial charge in [-0.2, -0.15) is 0 Å². The van der Waals surface area contributed by atoms with E-state index in [-0.39, 0.29) is 35.8 Å². The number of likely N-dealkylation sites (tertiary alicyclic amines) is 1. The van der Waals surface area contributed by atoms with Crippen molar-refractivity contribution >= 4 is 17.4 Å². The number of piperidine rings is 1. The second kappa shape index (κ2) is 7.33. The molecule has 2 N–H and O–H groups in total. The topological polar surface area (TPSA) is 73.4 Å². The first-order valence-corrected chi connectivity index (χ1v) is 11.6. The van der Waals surface area contributed by atoms with Gasteiger partial charge in [-0.1, -0.05) is 22.7 Å². The van der Waals surface area contributed by atoms with Gasteiger partial charge in [-0.25, -0.2) is 9.82 Å². The molecule has 5 heterocycles. The highest BCUT2D eigenvalue weighted by Gasteiger charge is 2.46. The van der Waals surface area contributed by atoms with Crippen LogP contribution < -0.4 is 10.9 Å². The van der Waals surface area contributed by atoms with Crippen molar-refractivity contribution in [3.63, 3.8) is 0 Å². The summed E-state index contributed by atoms with van der Waals surface area (Å²) in [5.74, 6) is 0.268. The monoisotopic (exact) mass is 428 g/mol. The number of aromatic nitrogens is 2. The van der Waals surface area contributed by atoms with Crippen LogP contribution in [-0.2, 0) is 11.2 Å². The number of fused-ring (bicyclic) bond motifs is 5. The number of hydrazine groups is 1. The molecule has 6 rings (SSSR count). The summed E-state index contributed by atoms with van der Waals surface area (Å²) in [6.07, 6.45) is 3.85. The number of carbonyl (C=O) groups is 1. The van der Waals surface area contributed by atoms with Crippen LogP contribution in [0.2, 0.25) is 0 Å². The van der Waals surface area contributed by atoms with Gasteiger partial charge in [0.15, 0.2) is 0 Å². The van der Waals surface area contributed by atoms with Crippen LogP contribution >= 0.6 is 11.5 Å². The van der Waals surface area contributed by atoms with E-state index in [1.165, 1.54) is 22.5 Å². The molecule has 4 aliphatic heterocycles. The third kappa shape index (κ3) is 2.98. The molecule has 1 aromatic heterocycles. The number of amides is 1. The molecule has 0 spiro atoms. The van der Waals surface area contributed by atoms with Gasteiger partial charge in [0.25, 0.3) is 0 Å². The highest BCUT2D eigenvalue weighted by molar-refractivity contribution is 7.05. The number of nitrogens with zero attached hydrogens (tertiary/aromatic N) is 4. The van der Waals surface area contributed by atoms with Gasteiger partial charge in [0.05, 0.1) is 29.2 Å². The largest absolute Gasteiger partial charge is 0.330 e. The lowest BCUT2D eigenvalue weighted by Crippen LogP contribution is -2.51. The Morgan fingerprint density at radius 1 is 1.23 bits per heavy atom. The molecule has 4 aliphatic rings. The van der Waals surface area contributed by atoms with E-state index < -0.39 is 0 Å². The van der Waals surface area contributed by atoms with E-state index in [1.54, 1.807) is 6.07 Å². The molecular weight excluding hydrogens is 403 g/mol. The van der Waals surface area contributed by atoms with Crippen molar-refractivity contribution in [1.82, 2.24) is 30.2 Å². The quantitative estimate of drug-likeness (QED) is 0.777. The summed E-state index contributed by atoms with van der Waals surface area (Å²) in [7, 11) is 0. The zero-order valence-electron chi connectivity index (χ0n) is 16.6. The van der Waals surface area contributed by atoms with Crippen LogP contribution in [0.25, 0.3) is 0 Å². The summed E-state index contributed by atoms with van der Waals surface area (Å²) in [4.78, 5) is 18.9. The van der Waals surface area contributed by atoms with E-state index in [0.29, 0.717) is 18.2 Å². The minimum atomic E-state index is -0.176.